The second-order valence-electron chi connectivity index (χ2n) is 5.72. The first kappa shape index (κ1) is 13.8. The van der Waals surface area contributed by atoms with Gasteiger partial charge in [0, 0.05) is 31.9 Å². The van der Waals surface area contributed by atoms with Gasteiger partial charge in [-0.1, -0.05) is 42.5 Å². The molecule has 1 aromatic heterocycles. The summed E-state index contributed by atoms with van der Waals surface area (Å²) in [4.78, 5) is 2.34. The van der Waals surface area contributed by atoms with Gasteiger partial charge in [0.05, 0.1) is 5.69 Å². The zero-order valence-electron chi connectivity index (χ0n) is 12.9. The minimum atomic E-state index is 0.920. The lowest BCUT2D eigenvalue weighted by Crippen LogP contribution is -2.17. The number of fused-ring (bicyclic) bond motifs is 1. The number of aryl methyl sites for hydroxylation is 2. The van der Waals surface area contributed by atoms with Gasteiger partial charge in [0.25, 0.3) is 0 Å². The Hall–Kier alpha value is -2.13. The van der Waals surface area contributed by atoms with E-state index in [1.54, 1.807) is 0 Å². The SMILES string of the molecule is Cc1nn(C)cc1CN(C)Cc1cccc2ccccc12. The van der Waals surface area contributed by atoms with Crippen LogP contribution in [-0.4, -0.2) is 21.7 Å². The summed E-state index contributed by atoms with van der Waals surface area (Å²) in [5, 5.41) is 7.06. The molecule has 0 aliphatic rings. The predicted octanol–water partition coefficient (Wildman–Crippen LogP) is 3.51. The van der Waals surface area contributed by atoms with Gasteiger partial charge in [0.1, 0.15) is 0 Å². The van der Waals surface area contributed by atoms with Crippen molar-refractivity contribution in [2.75, 3.05) is 7.05 Å². The molecule has 1 heterocycles. The van der Waals surface area contributed by atoms with Crippen molar-refractivity contribution in [3.05, 3.63) is 65.5 Å². The lowest BCUT2D eigenvalue weighted by molar-refractivity contribution is 0.319. The van der Waals surface area contributed by atoms with Crippen molar-refractivity contribution in [2.24, 2.45) is 7.05 Å². The molecule has 0 radical (unpaired) electrons. The van der Waals surface area contributed by atoms with Gasteiger partial charge in [-0.2, -0.15) is 5.10 Å². The van der Waals surface area contributed by atoms with Crippen LogP contribution in [0.1, 0.15) is 16.8 Å². The first-order valence-electron chi connectivity index (χ1n) is 7.28. The zero-order valence-corrected chi connectivity index (χ0v) is 12.9. The summed E-state index contributed by atoms with van der Waals surface area (Å²) < 4.78 is 1.89. The lowest BCUT2D eigenvalue weighted by atomic mass is 10.0. The monoisotopic (exact) mass is 279 g/mol. The van der Waals surface area contributed by atoms with E-state index in [4.69, 9.17) is 0 Å². The fraction of sp³-hybridized carbons (Fsp3) is 0.278. The molecule has 0 spiro atoms. The smallest absolute Gasteiger partial charge is 0.0638 e. The Morgan fingerprint density at radius 1 is 1.00 bits per heavy atom. The molecule has 3 rings (SSSR count). The van der Waals surface area contributed by atoms with Gasteiger partial charge < -0.3 is 0 Å². The highest BCUT2D eigenvalue weighted by atomic mass is 15.3. The highest BCUT2D eigenvalue weighted by Crippen LogP contribution is 2.20. The number of hydrogen-bond acceptors (Lipinski definition) is 2. The molecule has 108 valence electrons. The minimum Gasteiger partial charge on any atom is -0.298 e. The largest absolute Gasteiger partial charge is 0.298 e. The number of benzene rings is 2. The van der Waals surface area contributed by atoms with Crippen LogP contribution in [0.3, 0.4) is 0 Å². The Bertz CT molecular complexity index is 753. The maximum Gasteiger partial charge on any atom is 0.0638 e. The normalized spacial score (nSPS) is 11.4. The van der Waals surface area contributed by atoms with Crippen LogP contribution in [0.2, 0.25) is 0 Å². The molecule has 0 atom stereocenters. The van der Waals surface area contributed by atoms with E-state index in [9.17, 15) is 0 Å². The van der Waals surface area contributed by atoms with Crippen molar-refractivity contribution in [3.63, 3.8) is 0 Å². The lowest BCUT2D eigenvalue weighted by Gasteiger charge is -2.17. The van der Waals surface area contributed by atoms with E-state index in [-0.39, 0.29) is 0 Å². The molecule has 3 heteroatoms. The number of nitrogens with zero attached hydrogens (tertiary/aromatic N) is 3. The van der Waals surface area contributed by atoms with Crippen LogP contribution in [0, 0.1) is 6.92 Å². The third-order valence-corrected chi connectivity index (χ3v) is 3.88. The molecule has 0 saturated heterocycles. The molecule has 0 amide bonds. The summed E-state index contributed by atoms with van der Waals surface area (Å²) in [5.41, 5.74) is 3.78. The van der Waals surface area contributed by atoms with Crippen LogP contribution in [0.25, 0.3) is 10.8 Å². The summed E-state index contributed by atoms with van der Waals surface area (Å²) in [5.74, 6) is 0. The fourth-order valence-electron chi connectivity index (χ4n) is 2.87. The Kier molecular flexibility index (Phi) is 3.76. The summed E-state index contributed by atoms with van der Waals surface area (Å²) in [6.07, 6.45) is 2.11. The van der Waals surface area contributed by atoms with Gasteiger partial charge in [0.15, 0.2) is 0 Å². The van der Waals surface area contributed by atoms with Gasteiger partial charge in [0.2, 0.25) is 0 Å². The maximum atomic E-state index is 4.41. The summed E-state index contributed by atoms with van der Waals surface area (Å²) in [6, 6.07) is 15.1. The molecule has 3 nitrogen and oxygen atoms in total. The van der Waals surface area contributed by atoms with Crippen molar-refractivity contribution < 1.29 is 0 Å². The van der Waals surface area contributed by atoms with Crippen molar-refractivity contribution in [1.29, 1.82) is 0 Å². The summed E-state index contributed by atoms with van der Waals surface area (Å²) >= 11 is 0. The molecule has 3 aromatic rings. The van der Waals surface area contributed by atoms with Crippen molar-refractivity contribution in [3.8, 4) is 0 Å². The number of rotatable bonds is 4. The summed E-state index contributed by atoms with van der Waals surface area (Å²) in [6.45, 7) is 3.93. The highest BCUT2D eigenvalue weighted by molar-refractivity contribution is 5.85. The van der Waals surface area contributed by atoms with Crippen molar-refractivity contribution in [1.82, 2.24) is 14.7 Å². The average molecular weight is 279 g/mol. The Morgan fingerprint density at radius 3 is 2.48 bits per heavy atom. The van der Waals surface area contributed by atoms with Crippen LogP contribution in [0.4, 0.5) is 0 Å². The van der Waals surface area contributed by atoms with Crippen LogP contribution in [0.5, 0.6) is 0 Å². The first-order chi connectivity index (χ1) is 10.1. The summed E-state index contributed by atoms with van der Waals surface area (Å²) in [7, 11) is 4.13. The van der Waals surface area contributed by atoms with Crippen LogP contribution >= 0.6 is 0 Å². The third kappa shape index (κ3) is 2.98. The van der Waals surface area contributed by atoms with Crippen LogP contribution in [0.15, 0.2) is 48.7 Å². The average Bonchev–Trinajstić information content (AvgIpc) is 2.77. The second-order valence-corrected chi connectivity index (χ2v) is 5.72. The van der Waals surface area contributed by atoms with E-state index in [2.05, 4.69) is 72.6 Å². The van der Waals surface area contributed by atoms with Crippen LogP contribution < -0.4 is 0 Å². The van der Waals surface area contributed by atoms with Gasteiger partial charge in [-0.05, 0) is 30.3 Å². The minimum absolute atomic E-state index is 0.920. The van der Waals surface area contributed by atoms with Gasteiger partial charge in [-0.15, -0.1) is 0 Å². The van der Waals surface area contributed by atoms with Crippen molar-refractivity contribution in [2.45, 2.75) is 20.0 Å². The molecule has 0 aliphatic carbocycles. The molecular weight excluding hydrogens is 258 g/mol. The van der Waals surface area contributed by atoms with E-state index in [0.717, 1.165) is 18.8 Å². The first-order valence-corrected chi connectivity index (χ1v) is 7.28. The molecule has 0 aliphatic heterocycles. The number of hydrogen-bond donors (Lipinski definition) is 0. The fourth-order valence-corrected chi connectivity index (χ4v) is 2.87. The molecule has 0 fully saturated rings. The maximum absolute atomic E-state index is 4.41. The van der Waals surface area contributed by atoms with Gasteiger partial charge >= 0.3 is 0 Å². The predicted molar refractivity (Wildman–Crippen MR) is 87.1 cm³/mol. The quantitative estimate of drug-likeness (QED) is 0.728. The molecule has 0 N–H and O–H groups in total. The Balaban J connectivity index is 1.80. The molecule has 0 saturated carbocycles. The molecule has 0 unspecified atom stereocenters. The molecule has 21 heavy (non-hydrogen) atoms. The van der Waals surface area contributed by atoms with E-state index in [1.165, 1.54) is 21.9 Å². The Labute approximate surface area is 125 Å². The molecule has 2 aromatic carbocycles. The second kappa shape index (κ2) is 5.70. The zero-order chi connectivity index (χ0) is 14.8. The molecular formula is C18H21N3. The topological polar surface area (TPSA) is 21.1 Å². The standard InChI is InChI=1S/C18H21N3/c1-14-17(13-21(3)19-14)12-20(2)11-16-9-6-8-15-7-4-5-10-18(15)16/h4-10,13H,11-12H2,1-3H3. The Morgan fingerprint density at radius 2 is 1.71 bits per heavy atom. The molecule has 0 bridgehead atoms. The van der Waals surface area contributed by atoms with E-state index in [0.29, 0.717) is 0 Å². The van der Waals surface area contributed by atoms with Gasteiger partial charge in [-0.25, -0.2) is 0 Å². The van der Waals surface area contributed by atoms with Gasteiger partial charge in [-0.3, -0.25) is 9.58 Å². The van der Waals surface area contributed by atoms with E-state index >= 15 is 0 Å². The number of aromatic nitrogens is 2. The van der Waals surface area contributed by atoms with Crippen molar-refractivity contribution >= 4 is 10.8 Å². The van der Waals surface area contributed by atoms with Crippen LogP contribution in [-0.2, 0) is 20.1 Å². The third-order valence-electron chi connectivity index (χ3n) is 3.88. The van der Waals surface area contributed by atoms with E-state index < -0.39 is 0 Å². The van der Waals surface area contributed by atoms with E-state index in [1.807, 2.05) is 11.7 Å². The highest BCUT2D eigenvalue weighted by Gasteiger charge is 2.08.